The minimum atomic E-state index is 0.653. The van der Waals surface area contributed by atoms with Gasteiger partial charge in [-0.2, -0.15) is 0 Å². The smallest absolute Gasteiger partial charge is 0.101 e. The standard InChI is InChI=1S/C12H13N5/c13-11-5-3-9(16-11)7-1-2-8(15-7)10-4-6-12(14)17-10/h1-6,15-17H,13-14H2. The molecule has 3 aromatic heterocycles. The lowest BCUT2D eigenvalue weighted by atomic mass is 10.3. The highest BCUT2D eigenvalue weighted by atomic mass is 14.9. The average molecular weight is 227 g/mol. The van der Waals surface area contributed by atoms with Gasteiger partial charge in [-0.25, -0.2) is 0 Å². The molecule has 17 heavy (non-hydrogen) atoms. The van der Waals surface area contributed by atoms with Gasteiger partial charge in [0.05, 0.1) is 22.8 Å². The number of nitrogens with one attached hydrogen (secondary N) is 3. The van der Waals surface area contributed by atoms with Crippen molar-refractivity contribution in [1.29, 1.82) is 0 Å². The zero-order chi connectivity index (χ0) is 11.8. The largest absolute Gasteiger partial charge is 0.385 e. The molecule has 0 aliphatic heterocycles. The summed E-state index contributed by atoms with van der Waals surface area (Å²) in [7, 11) is 0. The van der Waals surface area contributed by atoms with Gasteiger partial charge in [0.2, 0.25) is 0 Å². The van der Waals surface area contributed by atoms with E-state index in [9.17, 15) is 0 Å². The first-order valence-corrected chi connectivity index (χ1v) is 5.31. The molecule has 0 atom stereocenters. The monoisotopic (exact) mass is 227 g/mol. The van der Waals surface area contributed by atoms with Crippen LogP contribution in [0.5, 0.6) is 0 Å². The Labute approximate surface area is 97.9 Å². The number of hydrogen-bond donors (Lipinski definition) is 5. The summed E-state index contributed by atoms with van der Waals surface area (Å²) in [6.07, 6.45) is 0. The zero-order valence-corrected chi connectivity index (χ0v) is 9.12. The van der Waals surface area contributed by atoms with E-state index in [1.165, 1.54) is 0 Å². The van der Waals surface area contributed by atoms with Crippen molar-refractivity contribution in [3.63, 3.8) is 0 Å². The lowest BCUT2D eigenvalue weighted by Crippen LogP contribution is -1.85. The Balaban J connectivity index is 1.98. The van der Waals surface area contributed by atoms with Crippen molar-refractivity contribution >= 4 is 11.6 Å². The number of H-pyrrole nitrogens is 3. The third-order valence-corrected chi connectivity index (χ3v) is 2.68. The van der Waals surface area contributed by atoms with Crippen LogP contribution in [0.4, 0.5) is 11.6 Å². The van der Waals surface area contributed by atoms with Crippen LogP contribution in [-0.2, 0) is 0 Å². The van der Waals surface area contributed by atoms with Crippen LogP contribution in [0.1, 0.15) is 0 Å². The molecule has 7 N–H and O–H groups in total. The van der Waals surface area contributed by atoms with Crippen molar-refractivity contribution in [3.8, 4) is 22.8 Å². The topological polar surface area (TPSA) is 99.4 Å². The summed E-state index contributed by atoms with van der Waals surface area (Å²) in [5.74, 6) is 1.31. The molecule has 3 rings (SSSR count). The molecule has 0 unspecified atom stereocenters. The molecule has 0 saturated heterocycles. The summed E-state index contributed by atoms with van der Waals surface area (Å²) in [6.45, 7) is 0. The average Bonchev–Trinajstić information content (AvgIpc) is 2.96. The predicted octanol–water partition coefficient (Wildman–Crippen LogP) is 2.17. The highest BCUT2D eigenvalue weighted by Crippen LogP contribution is 2.24. The Kier molecular flexibility index (Phi) is 1.98. The highest BCUT2D eigenvalue weighted by molar-refractivity contribution is 5.66. The fourth-order valence-electron chi connectivity index (χ4n) is 1.85. The Bertz CT molecular complexity index is 588. The van der Waals surface area contributed by atoms with Gasteiger partial charge in [-0.05, 0) is 36.4 Å². The molecule has 0 spiro atoms. The fourth-order valence-corrected chi connectivity index (χ4v) is 1.85. The molecule has 0 aliphatic carbocycles. The van der Waals surface area contributed by atoms with Crippen LogP contribution in [-0.4, -0.2) is 15.0 Å². The van der Waals surface area contributed by atoms with Crippen molar-refractivity contribution in [2.75, 3.05) is 11.5 Å². The summed E-state index contributed by atoms with van der Waals surface area (Å²) >= 11 is 0. The first kappa shape index (κ1) is 9.65. The Morgan fingerprint density at radius 3 is 1.24 bits per heavy atom. The van der Waals surface area contributed by atoms with Gasteiger partial charge in [0.15, 0.2) is 0 Å². The number of rotatable bonds is 2. The van der Waals surface area contributed by atoms with Gasteiger partial charge >= 0.3 is 0 Å². The maximum atomic E-state index is 5.65. The number of nitrogens with two attached hydrogens (primary N) is 2. The summed E-state index contributed by atoms with van der Waals surface area (Å²) < 4.78 is 0. The predicted molar refractivity (Wildman–Crippen MR) is 69.2 cm³/mol. The molecule has 0 aromatic carbocycles. The summed E-state index contributed by atoms with van der Waals surface area (Å²) in [4.78, 5) is 9.45. The van der Waals surface area contributed by atoms with Crippen molar-refractivity contribution in [3.05, 3.63) is 36.4 Å². The van der Waals surface area contributed by atoms with E-state index in [0.29, 0.717) is 11.6 Å². The second-order valence-electron chi connectivity index (χ2n) is 3.94. The lowest BCUT2D eigenvalue weighted by Gasteiger charge is -1.95. The summed E-state index contributed by atoms with van der Waals surface area (Å²) in [5, 5.41) is 0. The molecule has 3 heterocycles. The van der Waals surface area contributed by atoms with Gasteiger partial charge in [0.1, 0.15) is 11.6 Å². The quantitative estimate of drug-likeness (QED) is 0.463. The van der Waals surface area contributed by atoms with Crippen LogP contribution in [0, 0.1) is 0 Å². The minimum absolute atomic E-state index is 0.653. The molecular formula is C12H13N5. The third kappa shape index (κ3) is 1.67. The normalized spacial score (nSPS) is 10.8. The third-order valence-electron chi connectivity index (χ3n) is 2.68. The number of aromatic amines is 3. The van der Waals surface area contributed by atoms with Gasteiger partial charge in [-0.3, -0.25) is 0 Å². The Morgan fingerprint density at radius 2 is 0.882 bits per heavy atom. The first-order valence-electron chi connectivity index (χ1n) is 5.31. The fraction of sp³-hybridized carbons (Fsp3) is 0. The van der Waals surface area contributed by atoms with Gasteiger partial charge in [-0.1, -0.05) is 0 Å². The van der Waals surface area contributed by atoms with Crippen LogP contribution in [0.2, 0.25) is 0 Å². The van der Waals surface area contributed by atoms with E-state index in [-0.39, 0.29) is 0 Å². The van der Waals surface area contributed by atoms with Crippen molar-refractivity contribution in [1.82, 2.24) is 15.0 Å². The first-order chi connectivity index (χ1) is 8.22. The Morgan fingerprint density at radius 1 is 0.529 bits per heavy atom. The van der Waals surface area contributed by atoms with Gasteiger partial charge in [-0.15, -0.1) is 0 Å². The number of anilines is 2. The van der Waals surface area contributed by atoms with Crippen LogP contribution in [0.15, 0.2) is 36.4 Å². The SMILES string of the molecule is Nc1ccc(-c2ccc(-c3ccc(N)[nH]3)[nH]2)[nH]1. The van der Waals surface area contributed by atoms with Gasteiger partial charge < -0.3 is 26.4 Å². The highest BCUT2D eigenvalue weighted by Gasteiger charge is 2.06. The molecule has 0 fully saturated rings. The molecule has 5 nitrogen and oxygen atoms in total. The Hall–Kier alpha value is -2.56. The molecule has 3 aromatic rings. The second-order valence-corrected chi connectivity index (χ2v) is 3.94. The van der Waals surface area contributed by atoms with Crippen molar-refractivity contribution in [2.24, 2.45) is 0 Å². The molecule has 0 saturated carbocycles. The lowest BCUT2D eigenvalue weighted by molar-refractivity contribution is 1.30. The molecule has 0 aliphatic rings. The number of nitrogen functional groups attached to an aromatic ring is 2. The van der Waals surface area contributed by atoms with E-state index in [0.717, 1.165) is 22.8 Å². The minimum Gasteiger partial charge on any atom is -0.385 e. The summed E-state index contributed by atoms with van der Waals surface area (Å²) in [5.41, 5.74) is 15.2. The zero-order valence-electron chi connectivity index (χ0n) is 9.12. The van der Waals surface area contributed by atoms with E-state index in [1.807, 2.05) is 36.4 Å². The number of hydrogen-bond acceptors (Lipinski definition) is 2. The van der Waals surface area contributed by atoms with E-state index >= 15 is 0 Å². The second kappa shape index (κ2) is 3.48. The molecule has 0 radical (unpaired) electrons. The molecule has 86 valence electrons. The van der Waals surface area contributed by atoms with Gasteiger partial charge in [0.25, 0.3) is 0 Å². The van der Waals surface area contributed by atoms with Crippen LogP contribution < -0.4 is 11.5 Å². The molecule has 0 amide bonds. The number of aromatic nitrogens is 3. The summed E-state index contributed by atoms with van der Waals surface area (Å²) in [6, 6.07) is 11.5. The molecular weight excluding hydrogens is 214 g/mol. The molecule has 0 bridgehead atoms. The van der Waals surface area contributed by atoms with E-state index in [2.05, 4.69) is 15.0 Å². The van der Waals surface area contributed by atoms with Crippen molar-refractivity contribution in [2.45, 2.75) is 0 Å². The maximum Gasteiger partial charge on any atom is 0.101 e. The van der Waals surface area contributed by atoms with Crippen LogP contribution >= 0.6 is 0 Å². The van der Waals surface area contributed by atoms with E-state index in [4.69, 9.17) is 11.5 Å². The van der Waals surface area contributed by atoms with Crippen LogP contribution in [0.3, 0.4) is 0 Å². The van der Waals surface area contributed by atoms with E-state index in [1.54, 1.807) is 0 Å². The van der Waals surface area contributed by atoms with Gasteiger partial charge in [0, 0.05) is 0 Å². The van der Waals surface area contributed by atoms with Crippen molar-refractivity contribution < 1.29 is 0 Å². The van der Waals surface area contributed by atoms with E-state index < -0.39 is 0 Å². The maximum absolute atomic E-state index is 5.65. The van der Waals surface area contributed by atoms with Crippen LogP contribution in [0.25, 0.3) is 22.8 Å². The molecule has 5 heteroatoms.